The zero-order valence-corrected chi connectivity index (χ0v) is 18.9. The Labute approximate surface area is 179 Å². The Morgan fingerprint density at radius 3 is 1.67 bits per heavy atom. The first-order valence-electron chi connectivity index (χ1n) is 9.25. The van der Waals surface area contributed by atoms with Crippen molar-refractivity contribution in [1.82, 2.24) is 0 Å². The van der Waals surface area contributed by atoms with Gasteiger partial charge in [0.05, 0.1) is 0 Å². The first kappa shape index (κ1) is 21.5. The van der Waals surface area contributed by atoms with Crippen molar-refractivity contribution in [3.8, 4) is 0 Å². The third-order valence-corrected chi connectivity index (χ3v) is 5.95. The summed E-state index contributed by atoms with van der Waals surface area (Å²) >= 11 is 1.46. The van der Waals surface area contributed by atoms with Gasteiger partial charge in [-0.25, -0.2) is 17.7 Å². The Balaban J connectivity index is 0.000000168. The van der Waals surface area contributed by atoms with E-state index in [-0.39, 0.29) is 0 Å². The summed E-state index contributed by atoms with van der Waals surface area (Å²) in [4.78, 5) is 0. The van der Waals surface area contributed by atoms with E-state index in [1.807, 2.05) is 12.2 Å². The normalized spacial score (nSPS) is 14.2. The molecule has 0 N–H and O–H groups in total. The third-order valence-electron chi connectivity index (χ3n) is 4.53. The van der Waals surface area contributed by atoms with Crippen LogP contribution in [0.15, 0.2) is 95.6 Å². The third kappa shape index (κ3) is 7.35. The van der Waals surface area contributed by atoms with Crippen molar-refractivity contribution in [2.24, 2.45) is 0 Å². The average molecular weight is 430 g/mol. The van der Waals surface area contributed by atoms with Gasteiger partial charge in [0.25, 0.3) is 0 Å². The Morgan fingerprint density at radius 1 is 0.852 bits per heavy atom. The molecule has 0 atom stereocenters. The van der Waals surface area contributed by atoms with E-state index in [1.165, 1.54) is 55.3 Å². The molecule has 134 valence electrons. The topological polar surface area (TPSA) is 0 Å². The second-order valence-electron chi connectivity index (χ2n) is 6.49. The van der Waals surface area contributed by atoms with Crippen molar-refractivity contribution < 1.29 is 24.2 Å². The van der Waals surface area contributed by atoms with E-state index in [9.17, 15) is 0 Å². The van der Waals surface area contributed by atoms with Gasteiger partial charge in [-0.3, -0.25) is 12.2 Å². The summed E-state index contributed by atoms with van der Waals surface area (Å²) in [6, 6.07) is 21.1. The fourth-order valence-electron chi connectivity index (χ4n) is 2.57. The molecule has 4 rings (SSSR count). The van der Waals surface area contributed by atoms with Crippen molar-refractivity contribution in [2.75, 3.05) is 0 Å². The van der Waals surface area contributed by atoms with Crippen LogP contribution in [0.1, 0.15) is 44.7 Å². The molecule has 0 bridgehead atoms. The zero-order chi connectivity index (χ0) is 19.5. The van der Waals surface area contributed by atoms with Crippen LogP contribution < -0.4 is 0 Å². The van der Waals surface area contributed by atoms with Crippen LogP contribution in [-0.4, -0.2) is 3.21 Å². The summed E-state index contributed by atoms with van der Waals surface area (Å²) in [5.74, 6) is 0. The van der Waals surface area contributed by atoms with Crippen molar-refractivity contribution in [3.05, 3.63) is 119 Å². The standard InChI is InChI=1S/C13H10.C8H11.C5H5.Zr/c1-3-7-12(8-4-1)11-13-9-5-2-6-10-13;1-6-4-5-7(2)8(6)3;1-2-4-5-3-1;/h1-10H;4H2,1-3H3;1-3H,4H2;/q;2*-1;+2. The van der Waals surface area contributed by atoms with Gasteiger partial charge >= 0.3 is 99.2 Å². The van der Waals surface area contributed by atoms with E-state index in [1.54, 1.807) is 0 Å². The van der Waals surface area contributed by atoms with Gasteiger partial charge < -0.3 is 0 Å². The van der Waals surface area contributed by atoms with Gasteiger partial charge in [0.1, 0.15) is 0 Å². The summed E-state index contributed by atoms with van der Waals surface area (Å²) in [5.41, 5.74) is 6.91. The summed E-state index contributed by atoms with van der Waals surface area (Å²) in [6.07, 6.45) is 14.3. The molecule has 2 aromatic rings. The summed E-state index contributed by atoms with van der Waals surface area (Å²) in [7, 11) is 0. The Hall–Kier alpha value is -1.85. The van der Waals surface area contributed by atoms with E-state index in [0.717, 1.165) is 12.8 Å². The average Bonchev–Trinajstić information content (AvgIpc) is 3.40. The van der Waals surface area contributed by atoms with Crippen LogP contribution in [-0.2, 0) is 24.2 Å². The van der Waals surface area contributed by atoms with E-state index >= 15 is 0 Å². The minimum absolute atomic E-state index is 1.01. The van der Waals surface area contributed by atoms with Crippen LogP contribution in [0.4, 0.5) is 0 Å². The van der Waals surface area contributed by atoms with Gasteiger partial charge in [0.15, 0.2) is 0 Å². The van der Waals surface area contributed by atoms with Gasteiger partial charge in [-0.05, 0) is 0 Å². The van der Waals surface area contributed by atoms with Crippen molar-refractivity contribution >= 4 is 3.21 Å². The van der Waals surface area contributed by atoms with Crippen molar-refractivity contribution in [2.45, 2.75) is 33.6 Å². The molecule has 0 unspecified atom stereocenters. The predicted octanol–water partition coefficient (Wildman–Crippen LogP) is 6.58. The van der Waals surface area contributed by atoms with Crippen LogP contribution >= 0.6 is 0 Å². The fourth-order valence-corrected chi connectivity index (χ4v) is 3.39. The Kier molecular flexibility index (Phi) is 9.36. The summed E-state index contributed by atoms with van der Waals surface area (Å²) in [6.45, 7) is 6.44. The van der Waals surface area contributed by atoms with Crippen molar-refractivity contribution in [3.63, 3.8) is 0 Å². The maximum absolute atomic E-state index is 3.26. The Morgan fingerprint density at radius 2 is 1.41 bits per heavy atom. The van der Waals surface area contributed by atoms with E-state index in [2.05, 4.69) is 99.7 Å². The van der Waals surface area contributed by atoms with E-state index < -0.39 is 0 Å². The zero-order valence-electron chi connectivity index (χ0n) is 16.4. The number of hydrogen-bond donors (Lipinski definition) is 0. The summed E-state index contributed by atoms with van der Waals surface area (Å²) in [5, 5.41) is 0. The molecule has 2 aliphatic rings. The molecule has 0 fully saturated rings. The number of hydrogen-bond acceptors (Lipinski definition) is 0. The maximum atomic E-state index is 3.26. The van der Waals surface area contributed by atoms with Crippen LogP contribution in [0.3, 0.4) is 0 Å². The minimum atomic E-state index is 1.01. The number of benzene rings is 2. The molecule has 2 aliphatic carbocycles. The van der Waals surface area contributed by atoms with Crippen LogP contribution in [0.25, 0.3) is 0 Å². The van der Waals surface area contributed by atoms with Gasteiger partial charge in [-0.15, -0.1) is 19.8 Å². The van der Waals surface area contributed by atoms with Crippen molar-refractivity contribution in [1.29, 1.82) is 0 Å². The van der Waals surface area contributed by atoms with Crippen LogP contribution in [0.5, 0.6) is 0 Å². The first-order chi connectivity index (χ1) is 13.1. The number of allylic oxidation sites excluding steroid dienone is 8. The van der Waals surface area contributed by atoms with Gasteiger partial charge in [-0.2, -0.15) is 17.2 Å². The fraction of sp³-hybridized carbons (Fsp3) is 0.192. The molecule has 0 aliphatic heterocycles. The summed E-state index contributed by atoms with van der Waals surface area (Å²) < 4.78 is 1.42. The molecule has 2 aromatic carbocycles. The number of rotatable bonds is 2. The quantitative estimate of drug-likeness (QED) is 0.473. The molecule has 0 aromatic heterocycles. The molecule has 0 amide bonds. The molecule has 0 saturated heterocycles. The molecule has 27 heavy (non-hydrogen) atoms. The molecule has 0 radical (unpaired) electrons. The molecule has 0 saturated carbocycles. The molecular weight excluding hydrogens is 404 g/mol. The van der Waals surface area contributed by atoms with Crippen LogP contribution in [0.2, 0.25) is 0 Å². The first-order valence-corrected chi connectivity index (χ1v) is 10.5. The second kappa shape index (κ2) is 11.8. The second-order valence-corrected chi connectivity index (χ2v) is 7.72. The molecule has 0 heterocycles. The van der Waals surface area contributed by atoms with E-state index in [4.69, 9.17) is 0 Å². The van der Waals surface area contributed by atoms with Gasteiger partial charge in [-0.1, -0.05) is 13.8 Å². The SMILES string of the molecule is CC1=[C-]CC(C)=C1C.[C-]1=CC=CC1.[Zr+2]=[C](c1ccccc1)c1ccccc1. The van der Waals surface area contributed by atoms with Crippen LogP contribution in [0, 0.1) is 12.2 Å². The molecule has 0 spiro atoms. The van der Waals surface area contributed by atoms with E-state index in [0.29, 0.717) is 0 Å². The molecular formula is C26H26Zr. The molecule has 1 heteroatoms. The van der Waals surface area contributed by atoms with Gasteiger partial charge in [0.2, 0.25) is 0 Å². The Bertz CT molecular complexity index is 793. The predicted molar refractivity (Wildman–Crippen MR) is 113 cm³/mol. The van der Waals surface area contributed by atoms with Gasteiger partial charge in [0, 0.05) is 0 Å². The molecule has 0 nitrogen and oxygen atoms in total. The monoisotopic (exact) mass is 428 g/mol.